The summed E-state index contributed by atoms with van der Waals surface area (Å²) in [5, 5.41) is 3.81. The number of hydrogen-bond acceptors (Lipinski definition) is 8. The minimum atomic E-state index is -0.914. The Morgan fingerprint density at radius 2 is 1.93 bits per heavy atom. The number of benzene rings is 1. The minimum absolute atomic E-state index is 0.00933. The summed E-state index contributed by atoms with van der Waals surface area (Å²) in [6, 6.07) is 6.95. The van der Waals surface area contributed by atoms with Crippen LogP contribution in [0.2, 0.25) is 0 Å². The number of para-hydroxylation sites is 2. The molecule has 0 radical (unpaired) electrons. The monoisotopic (exact) mass is 403 g/mol. The molecule has 10 nitrogen and oxygen atoms in total. The molecule has 1 aliphatic rings. The number of hydrazine groups is 1. The molecule has 0 bridgehead atoms. The molecule has 29 heavy (non-hydrogen) atoms. The van der Waals surface area contributed by atoms with Gasteiger partial charge in [0.05, 0.1) is 5.69 Å². The number of fused-ring (bicyclic) bond motifs is 1. The highest BCUT2D eigenvalue weighted by molar-refractivity contribution is 5.86. The summed E-state index contributed by atoms with van der Waals surface area (Å²) in [4.78, 5) is 35.7. The number of carbonyl (C=O) groups excluding carboxylic acids is 3. The van der Waals surface area contributed by atoms with Crippen LogP contribution in [0, 0.1) is 13.8 Å². The van der Waals surface area contributed by atoms with Gasteiger partial charge in [-0.15, -0.1) is 0 Å². The molecule has 2 aromatic rings. The fourth-order valence-electron chi connectivity index (χ4n) is 2.70. The van der Waals surface area contributed by atoms with Crippen LogP contribution < -0.4 is 20.3 Å². The predicted molar refractivity (Wildman–Crippen MR) is 97.9 cm³/mol. The third kappa shape index (κ3) is 5.24. The van der Waals surface area contributed by atoms with E-state index in [9.17, 15) is 14.4 Å². The van der Waals surface area contributed by atoms with Crippen molar-refractivity contribution in [3.63, 3.8) is 0 Å². The summed E-state index contributed by atoms with van der Waals surface area (Å²) in [6.07, 6.45) is -0.434. The molecule has 10 heteroatoms. The van der Waals surface area contributed by atoms with Crippen molar-refractivity contribution < 1.29 is 33.1 Å². The molecule has 2 N–H and O–H groups in total. The maximum atomic E-state index is 12.1. The molecule has 2 heterocycles. The van der Waals surface area contributed by atoms with Crippen LogP contribution in [-0.2, 0) is 25.5 Å². The molecule has 0 spiro atoms. The number of aryl methyl sites for hydroxylation is 2. The van der Waals surface area contributed by atoms with Crippen LogP contribution in [-0.4, -0.2) is 42.3 Å². The van der Waals surface area contributed by atoms with Gasteiger partial charge in [-0.1, -0.05) is 17.3 Å². The Kier molecular flexibility index (Phi) is 6.32. The van der Waals surface area contributed by atoms with Gasteiger partial charge < -0.3 is 18.7 Å². The van der Waals surface area contributed by atoms with E-state index < -0.39 is 30.5 Å². The van der Waals surface area contributed by atoms with Gasteiger partial charge in [-0.3, -0.25) is 25.2 Å². The quantitative estimate of drug-likeness (QED) is 0.534. The normalized spacial score (nSPS) is 14.8. The third-order valence-electron chi connectivity index (χ3n) is 4.25. The van der Waals surface area contributed by atoms with Gasteiger partial charge in [-0.25, -0.2) is 0 Å². The van der Waals surface area contributed by atoms with Crippen molar-refractivity contribution in [3.8, 4) is 11.5 Å². The van der Waals surface area contributed by atoms with Gasteiger partial charge in [-0.2, -0.15) is 0 Å². The van der Waals surface area contributed by atoms with E-state index in [1.54, 1.807) is 38.1 Å². The number of nitrogens with one attached hydrogen (secondary N) is 2. The molecule has 0 aliphatic carbocycles. The van der Waals surface area contributed by atoms with Crippen molar-refractivity contribution in [2.45, 2.75) is 32.8 Å². The maximum Gasteiger partial charge on any atom is 0.306 e. The van der Waals surface area contributed by atoms with Crippen LogP contribution >= 0.6 is 0 Å². The van der Waals surface area contributed by atoms with E-state index in [0.717, 1.165) is 5.56 Å². The lowest BCUT2D eigenvalue weighted by Crippen LogP contribution is -2.51. The summed E-state index contributed by atoms with van der Waals surface area (Å²) in [6.45, 7) is 3.03. The van der Waals surface area contributed by atoms with E-state index in [2.05, 4.69) is 16.0 Å². The number of esters is 1. The Morgan fingerprint density at radius 3 is 2.66 bits per heavy atom. The first kappa shape index (κ1) is 20.2. The van der Waals surface area contributed by atoms with Crippen molar-refractivity contribution in [1.82, 2.24) is 16.0 Å². The average Bonchev–Trinajstić information content (AvgIpc) is 3.05. The lowest BCUT2D eigenvalue weighted by molar-refractivity contribution is -0.149. The van der Waals surface area contributed by atoms with Gasteiger partial charge >= 0.3 is 5.97 Å². The fraction of sp³-hybridized carbons (Fsp3) is 0.368. The molecule has 3 rings (SSSR count). The summed E-state index contributed by atoms with van der Waals surface area (Å²) in [5.41, 5.74) is 5.95. The summed E-state index contributed by atoms with van der Waals surface area (Å²) < 4.78 is 20.9. The van der Waals surface area contributed by atoms with Crippen LogP contribution in [0.25, 0.3) is 0 Å². The molecule has 1 aliphatic heterocycles. The average molecular weight is 403 g/mol. The van der Waals surface area contributed by atoms with Crippen molar-refractivity contribution >= 4 is 17.8 Å². The Labute approximate surface area is 166 Å². The van der Waals surface area contributed by atoms with Crippen molar-refractivity contribution in [2.75, 3.05) is 13.2 Å². The van der Waals surface area contributed by atoms with Crippen molar-refractivity contribution in [1.29, 1.82) is 0 Å². The number of amides is 2. The first-order chi connectivity index (χ1) is 13.9. The topological polar surface area (TPSA) is 129 Å². The highest BCUT2D eigenvalue weighted by Gasteiger charge is 2.27. The molecule has 0 unspecified atom stereocenters. The Hall–Kier alpha value is -3.56. The van der Waals surface area contributed by atoms with E-state index in [4.69, 9.17) is 18.7 Å². The molecule has 0 fully saturated rings. The number of aromatic nitrogens is 1. The standard InChI is InChI=1S/C19H21N3O7/c1-11-13(12(2)29-22-11)7-8-18(24)27-10-17(23)20-21-19(25)16-9-26-14-5-3-4-6-15(14)28-16/h3-6,16H,7-10H2,1-2H3,(H,20,23)(H,21,25)/t16-/m0/s1. The van der Waals surface area contributed by atoms with Crippen molar-refractivity contribution in [2.24, 2.45) is 0 Å². The van der Waals surface area contributed by atoms with Gasteiger partial charge in [0.1, 0.15) is 12.4 Å². The van der Waals surface area contributed by atoms with E-state index in [1.165, 1.54) is 0 Å². The molecule has 2 amide bonds. The summed E-state index contributed by atoms with van der Waals surface area (Å²) >= 11 is 0. The number of hydrogen-bond donors (Lipinski definition) is 2. The van der Waals surface area contributed by atoms with Crippen LogP contribution in [0.3, 0.4) is 0 Å². The Morgan fingerprint density at radius 1 is 1.17 bits per heavy atom. The van der Waals surface area contributed by atoms with Gasteiger partial charge in [0, 0.05) is 12.0 Å². The van der Waals surface area contributed by atoms with Crippen LogP contribution in [0.4, 0.5) is 0 Å². The van der Waals surface area contributed by atoms with E-state index >= 15 is 0 Å². The molecule has 0 saturated heterocycles. The zero-order chi connectivity index (χ0) is 20.8. The molecular formula is C19H21N3O7. The molecular weight excluding hydrogens is 382 g/mol. The fourth-order valence-corrected chi connectivity index (χ4v) is 2.70. The Balaban J connectivity index is 1.35. The number of rotatable bonds is 6. The third-order valence-corrected chi connectivity index (χ3v) is 4.25. The van der Waals surface area contributed by atoms with Crippen LogP contribution in [0.1, 0.15) is 23.4 Å². The van der Waals surface area contributed by atoms with E-state index in [-0.39, 0.29) is 13.0 Å². The second-order valence-corrected chi connectivity index (χ2v) is 6.37. The van der Waals surface area contributed by atoms with Gasteiger partial charge in [0.2, 0.25) is 6.10 Å². The summed E-state index contributed by atoms with van der Waals surface area (Å²) in [5.74, 6) is -0.181. The predicted octanol–water partition coefficient (Wildman–Crippen LogP) is 0.755. The molecule has 1 atom stereocenters. The smallest absolute Gasteiger partial charge is 0.306 e. The second-order valence-electron chi connectivity index (χ2n) is 6.37. The second kappa shape index (κ2) is 9.09. The lowest BCUT2D eigenvalue weighted by atomic mass is 10.1. The lowest BCUT2D eigenvalue weighted by Gasteiger charge is -2.25. The first-order valence-corrected chi connectivity index (χ1v) is 8.98. The van der Waals surface area contributed by atoms with Gasteiger partial charge in [0.25, 0.3) is 11.8 Å². The van der Waals surface area contributed by atoms with Crippen molar-refractivity contribution in [3.05, 3.63) is 41.3 Å². The number of ether oxygens (including phenoxy) is 3. The minimum Gasteiger partial charge on any atom is -0.485 e. The van der Waals surface area contributed by atoms with Crippen LogP contribution in [0.15, 0.2) is 28.8 Å². The number of carbonyl (C=O) groups is 3. The number of nitrogens with zero attached hydrogens (tertiary/aromatic N) is 1. The molecule has 1 aromatic heterocycles. The van der Waals surface area contributed by atoms with Gasteiger partial charge in [0.15, 0.2) is 18.1 Å². The van der Waals surface area contributed by atoms with E-state index in [0.29, 0.717) is 29.4 Å². The largest absolute Gasteiger partial charge is 0.485 e. The van der Waals surface area contributed by atoms with E-state index in [1.807, 2.05) is 0 Å². The highest BCUT2D eigenvalue weighted by Crippen LogP contribution is 2.30. The maximum absolute atomic E-state index is 12.1. The van der Waals surface area contributed by atoms with Crippen LogP contribution in [0.5, 0.6) is 11.5 Å². The SMILES string of the molecule is Cc1noc(C)c1CCC(=O)OCC(=O)NNC(=O)[C@@H]1COc2ccccc2O1. The Bertz CT molecular complexity index is 889. The zero-order valence-corrected chi connectivity index (χ0v) is 16.0. The van der Waals surface area contributed by atoms with Gasteiger partial charge in [-0.05, 0) is 32.4 Å². The molecule has 0 saturated carbocycles. The molecule has 154 valence electrons. The molecule has 1 aromatic carbocycles. The zero-order valence-electron chi connectivity index (χ0n) is 16.0. The first-order valence-electron chi connectivity index (χ1n) is 8.98. The highest BCUT2D eigenvalue weighted by atomic mass is 16.6. The summed E-state index contributed by atoms with van der Waals surface area (Å²) in [7, 11) is 0.